The number of carbonyl (C=O) groups is 3. The number of hydrogen-bond acceptors (Lipinski definition) is 5. The molecule has 1 N–H and O–H groups in total. The molecule has 3 rings (SSSR count). The van der Waals surface area contributed by atoms with Gasteiger partial charge in [-0.15, -0.1) is 0 Å². The van der Waals surface area contributed by atoms with Crippen molar-refractivity contribution in [2.24, 2.45) is 11.8 Å². The lowest BCUT2D eigenvalue weighted by atomic mass is 9.85. The molecule has 0 unspecified atom stereocenters. The lowest BCUT2D eigenvalue weighted by molar-refractivity contribution is -0.140. The van der Waals surface area contributed by atoms with Gasteiger partial charge in [-0.1, -0.05) is 18.2 Å². The third kappa shape index (κ3) is 3.85. The second-order valence-electron chi connectivity index (χ2n) is 7.10. The first-order valence-corrected chi connectivity index (χ1v) is 10.5. The van der Waals surface area contributed by atoms with Gasteiger partial charge in [-0.2, -0.15) is 0 Å². The fourth-order valence-corrected chi connectivity index (χ4v) is 4.42. The fourth-order valence-electron chi connectivity index (χ4n) is 3.47. The van der Waals surface area contributed by atoms with Crippen LogP contribution >= 0.6 is 0 Å². The normalized spacial score (nSPS) is 21.9. The molecule has 1 aliphatic heterocycles. The minimum absolute atomic E-state index is 0.0200. The van der Waals surface area contributed by atoms with Gasteiger partial charge in [0.25, 0.3) is 0 Å². The van der Waals surface area contributed by atoms with Crippen molar-refractivity contribution in [1.82, 2.24) is 9.21 Å². The molecule has 0 aromatic heterocycles. The van der Waals surface area contributed by atoms with Crippen LogP contribution in [0.5, 0.6) is 0 Å². The first kappa shape index (κ1) is 20.2. The third-order valence-corrected chi connectivity index (χ3v) is 6.87. The van der Waals surface area contributed by atoms with E-state index in [-0.39, 0.29) is 41.5 Å². The predicted octanol–water partition coefficient (Wildman–Crippen LogP) is 1.22. The Morgan fingerprint density at radius 2 is 1.75 bits per heavy atom. The number of amides is 3. The summed E-state index contributed by atoms with van der Waals surface area (Å²) in [5.74, 6) is -1.45. The summed E-state index contributed by atoms with van der Waals surface area (Å²) in [6.45, 7) is 0.0200. The summed E-state index contributed by atoms with van der Waals surface area (Å²) in [6, 6.07) is 5.94. The van der Waals surface area contributed by atoms with Crippen molar-refractivity contribution < 1.29 is 22.8 Å². The zero-order valence-corrected chi connectivity index (χ0v) is 16.6. The Balaban J connectivity index is 1.61. The molecule has 2 atom stereocenters. The van der Waals surface area contributed by atoms with Crippen molar-refractivity contribution in [2.45, 2.75) is 24.2 Å². The molecule has 1 heterocycles. The van der Waals surface area contributed by atoms with Crippen LogP contribution < -0.4 is 5.32 Å². The number of anilines is 1. The Bertz CT molecular complexity index is 913. The van der Waals surface area contributed by atoms with Crippen LogP contribution in [0, 0.1) is 11.8 Å². The number of allylic oxidation sites excluding steroid dienone is 2. The molecular weight excluding hydrogens is 382 g/mol. The largest absolute Gasteiger partial charge is 0.326 e. The molecule has 1 aromatic rings. The van der Waals surface area contributed by atoms with E-state index in [2.05, 4.69) is 5.32 Å². The number of likely N-dealkylation sites (tertiary alicyclic amines) is 1. The van der Waals surface area contributed by atoms with Crippen LogP contribution in [0.3, 0.4) is 0 Å². The number of sulfonamides is 1. The van der Waals surface area contributed by atoms with Crippen LogP contribution in [0.2, 0.25) is 0 Å². The van der Waals surface area contributed by atoms with Crippen LogP contribution in [0.4, 0.5) is 5.69 Å². The van der Waals surface area contributed by atoms with Crippen molar-refractivity contribution >= 4 is 33.4 Å². The summed E-state index contributed by atoms with van der Waals surface area (Å²) < 4.78 is 25.5. The van der Waals surface area contributed by atoms with E-state index in [0.717, 1.165) is 4.31 Å². The van der Waals surface area contributed by atoms with Crippen molar-refractivity contribution in [1.29, 1.82) is 0 Å². The Morgan fingerprint density at radius 3 is 2.32 bits per heavy atom. The molecule has 0 saturated carbocycles. The van der Waals surface area contributed by atoms with Crippen LogP contribution in [-0.2, 0) is 24.4 Å². The van der Waals surface area contributed by atoms with Gasteiger partial charge in [0.15, 0.2) is 0 Å². The number of benzene rings is 1. The van der Waals surface area contributed by atoms with Crippen LogP contribution in [-0.4, -0.2) is 56.0 Å². The highest BCUT2D eigenvalue weighted by Gasteiger charge is 2.46. The molecule has 150 valence electrons. The molecule has 0 bridgehead atoms. The van der Waals surface area contributed by atoms with E-state index in [4.69, 9.17) is 0 Å². The van der Waals surface area contributed by atoms with E-state index in [1.54, 1.807) is 6.07 Å². The van der Waals surface area contributed by atoms with Gasteiger partial charge >= 0.3 is 0 Å². The number of nitrogens with one attached hydrogen (secondary N) is 1. The highest BCUT2D eigenvalue weighted by molar-refractivity contribution is 7.89. The Morgan fingerprint density at radius 1 is 1.14 bits per heavy atom. The van der Waals surface area contributed by atoms with Gasteiger partial charge in [-0.3, -0.25) is 19.3 Å². The molecule has 2 aliphatic rings. The number of nitrogens with zero attached hydrogens (tertiary/aromatic N) is 2. The maximum Gasteiger partial charge on any atom is 0.242 e. The van der Waals surface area contributed by atoms with Crippen molar-refractivity contribution in [2.75, 3.05) is 26.0 Å². The quantitative estimate of drug-likeness (QED) is 0.566. The monoisotopic (exact) mass is 405 g/mol. The molecule has 1 saturated heterocycles. The van der Waals surface area contributed by atoms with E-state index in [1.807, 2.05) is 12.2 Å². The molecule has 28 heavy (non-hydrogen) atoms. The highest BCUT2D eigenvalue weighted by atomic mass is 32.2. The van der Waals surface area contributed by atoms with E-state index >= 15 is 0 Å². The second-order valence-corrected chi connectivity index (χ2v) is 9.25. The van der Waals surface area contributed by atoms with E-state index in [1.165, 1.54) is 37.2 Å². The van der Waals surface area contributed by atoms with Gasteiger partial charge in [-0.25, -0.2) is 12.7 Å². The Labute approximate surface area is 164 Å². The van der Waals surface area contributed by atoms with Gasteiger partial charge in [0.2, 0.25) is 27.7 Å². The summed E-state index contributed by atoms with van der Waals surface area (Å²) in [7, 11) is -0.752. The lowest BCUT2D eigenvalue weighted by Crippen LogP contribution is -2.34. The standard InChI is InChI=1S/C19H23N3O5S/c1-21(2)28(26,27)14-7-5-6-13(12-14)20-17(23)10-11-22-18(24)15-8-3-4-9-16(15)19(22)25/h3-7,12,15-16H,8-11H2,1-2H3,(H,20,23)/t15-,16-/m1/s1. The average Bonchev–Trinajstić information content (AvgIpc) is 2.91. The van der Waals surface area contributed by atoms with E-state index in [9.17, 15) is 22.8 Å². The lowest BCUT2D eigenvalue weighted by Gasteiger charge is -2.15. The smallest absolute Gasteiger partial charge is 0.242 e. The summed E-state index contributed by atoms with van der Waals surface area (Å²) in [6.07, 6.45) is 4.90. The first-order chi connectivity index (χ1) is 13.2. The molecular formula is C19H23N3O5S. The first-order valence-electron chi connectivity index (χ1n) is 9.04. The summed E-state index contributed by atoms with van der Waals surface area (Å²) >= 11 is 0. The highest BCUT2D eigenvalue weighted by Crippen LogP contribution is 2.35. The van der Waals surface area contributed by atoms with Crippen LogP contribution in [0.1, 0.15) is 19.3 Å². The van der Waals surface area contributed by atoms with Crippen LogP contribution in [0.25, 0.3) is 0 Å². The Hall–Kier alpha value is -2.52. The maximum absolute atomic E-state index is 12.4. The molecule has 8 nitrogen and oxygen atoms in total. The van der Waals surface area contributed by atoms with Crippen LogP contribution in [0.15, 0.2) is 41.3 Å². The summed E-state index contributed by atoms with van der Waals surface area (Å²) in [5, 5.41) is 2.63. The van der Waals surface area contributed by atoms with Gasteiger partial charge in [0, 0.05) is 32.7 Å². The average molecular weight is 405 g/mol. The molecule has 1 aliphatic carbocycles. The third-order valence-electron chi connectivity index (χ3n) is 5.06. The minimum Gasteiger partial charge on any atom is -0.326 e. The topological polar surface area (TPSA) is 104 Å². The zero-order valence-electron chi connectivity index (χ0n) is 15.8. The second kappa shape index (κ2) is 7.84. The number of carbonyl (C=O) groups excluding carboxylic acids is 3. The summed E-state index contributed by atoms with van der Waals surface area (Å²) in [5.41, 5.74) is 0.338. The Kier molecular flexibility index (Phi) is 5.66. The number of fused-ring (bicyclic) bond motifs is 1. The fraction of sp³-hybridized carbons (Fsp3) is 0.421. The van der Waals surface area contributed by atoms with Crippen molar-refractivity contribution in [3.8, 4) is 0 Å². The molecule has 1 aromatic carbocycles. The predicted molar refractivity (Wildman–Crippen MR) is 103 cm³/mol. The molecule has 3 amide bonds. The van der Waals surface area contributed by atoms with E-state index < -0.39 is 15.9 Å². The van der Waals surface area contributed by atoms with Gasteiger partial charge in [-0.05, 0) is 31.0 Å². The van der Waals surface area contributed by atoms with Crippen molar-refractivity contribution in [3.05, 3.63) is 36.4 Å². The van der Waals surface area contributed by atoms with Gasteiger partial charge in [0.1, 0.15) is 0 Å². The zero-order chi connectivity index (χ0) is 20.5. The number of imide groups is 1. The van der Waals surface area contributed by atoms with Gasteiger partial charge in [0.05, 0.1) is 16.7 Å². The SMILES string of the molecule is CN(C)S(=O)(=O)c1cccc(NC(=O)CCN2C(=O)[C@@H]3CC=CC[C@H]3C2=O)c1. The molecule has 0 spiro atoms. The summed E-state index contributed by atoms with van der Waals surface area (Å²) in [4.78, 5) is 38.3. The van der Waals surface area contributed by atoms with Gasteiger partial charge < -0.3 is 5.32 Å². The molecule has 0 radical (unpaired) electrons. The van der Waals surface area contributed by atoms with E-state index in [0.29, 0.717) is 18.5 Å². The number of rotatable bonds is 6. The van der Waals surface area contributed by atoms with Crippen molar-refractivity contribution in [3.63, 3.8) is 0 Å². The maximum atomic E-state index is 12.4. The molecule has 9 heteroatoms. The minimum atomic E-state index is -3.61. The number of hydrogen-bond donors (Lipinski definition) is 1. The molecule has 1 fully saturated rings.